The quantitative estimate of drug-likeness (QED) is 0.353. The molecule has 84 valence electrons. The number of nitrogens with one attached hydrogen (secondary N) is 1. The van der Waals surface area contributed by atoms with Crippen molar-refractivity contribution in [3.63, 3.8) is 0 Å². The van der Waals surface area contributed by atoms with Gasteiger partial charge in [0.1, 0.15) is 6.04 Å². The molecule has 0 bridgehead atoms. The van der Waals surface area contributed by atoms with Crippen LogP contribution in [-0.4, -0.2) is 23.0 Å². The van der Waals surface area contributed by atoms with Crippen molar-refractivity contribution in [2.75, 3.05) is 0 Å². The Kier molecular flexibility index (Phi) is 3.64. The molecule has 0 aromatic carbocycles. The number of aliphatic imine (C=N–C) groups is 1. The summed E-state index contributed by atoms with van der Waals surface area (Å²) in [6.07, 6.45) is -2.91. The van der Waals surface area contributed by atoms with Crippen molar-refractivity contribution in [3.8, 4) is 0 Å². The predicted octanol–water partition coefficient (Wildman–Crippen LogP) is 1.30. The smallest absolute Gasteiger partial charge is 0.306 e. The van der Waals surface area contributed by atoms with E-state index >= 15 is 0 Å². The summed E-state index contributed by atoms with van der Waals surface area (Å²) in [7, 11) is 0. The Morgan fingerprint density at radius 1 is 1.67 bits per heavy atom. The van der Waals surface area contributed by atoms with Crippen molar-refractivity contribution in [1.29, 1.82) is 0 Å². The van der Waals surface area contributed by atoms with E-state index in [9.17, 15) is 13.2 Å². The molecule has 0 saturated carbocycles. The molecule has 0 saturated heterocycles. The molecule has 0 spiro atoms. The number of nitrogens with two attached hydrogens (primary N) is 1. The summed E-state index contributed by atoms with van der Waals surface area (Å²) in [4.78, 5) is 7.21. The van der Waals surface area contributed by atoms with Crippen LogP contribution in [0.4, 0.5) is 13.2 Å². The molecule has 1 unspecified atom stereocenters. The van der Waals surface area contributed by atoms with Crippen LogP contribution in [0.25, 0.3) is 0 Å². The first-order valence-electron chi connectivity index (χ1n) is 3.96. The highest BCUT2D eigenvalue weighted by molar-refractivity contribution is 7.11. The van der Waals surface area contributed by atoms with E-state index in [-0.39, 0.29) is 5.84 Å². The van der Waals surface area contributed by atoms with Gasteiger partial charge < -0.3 is 5.43 Å². The minimum Gasteiger partial charge on any atom is -0.306 e. The predicted molar refractivity (Wildman–Crippen MR) is 51.5 cm³/mol. The third-order valence-corrected chi connectivity index (χ3v) is 2.35. The first-order valence-corrected chi connectivity index (χ1v) is 4.84. The Labute approximate surface area is 88.0 Å². The number of thiazole rings is 1. The number of halogens is 3. The molecular formula is C7H9F3N4S. The molecule has 8 heteroatoms. The van der Waals surface area contributed by atoms with Crippen LogP contribution in [0, 0.1) is 0 Å². The number of hydrazine groups is 1. The van der Waals surface area contributed by atoms with E-state index in [0.717, 1.165) is 18.3 Å². The molecule has 0 fully saturated rings. The van der Waals surface area contributed by atoms with Crippen molar-refractivity contribution in [2.24, 2.45) is 10.8 Å². The van der Waals surface area contributed by atoms with Gasteiger partial charge >= 0.3 is 6.18 Å². The van der Waals surface area contributed by atoms with Crippen molar-refractivity contribution < 1.29 is 13.2 Å². The van der Waals surface area contributed by atoms with Crippen molar-refractivity contribution in [1.82, 2.24) is 10.4 Å². The fourth-order valence-electron chi connectivity index (χ4n) is 0.761. The zero-order valence-electron chi connectivity index (χ0n) is 7.75. The molecule has 1 atom stereocenters. The number of alkyl halides is 3. The van der Waals surface area contributed by atoms with Crippen LogP contribution in [0.15, 0.2) is 16.6 Å². The Hall–Kier alpha value is -1.15. The molecule has 1 aromatic rings. The molecule has 4 nitrogen and oxygen atoms in total. The first-order chi connectivity index (χ1) is 6.95. The third kappa shape index (κ3) is 3.17. The number of aromatic nitrogens is 1. The largest absolute Gasteiger partial charge is 0.410 e. The second-order valence-electron chi connectivity index (χ2n) is 2.68. The number of amidine groups is 1. The van der Waals surface area contributed by atoms with Crippen molar-refractivity contribution in [2.45, 2.75) is 19.1 Å². The lowest BCUT2D eigenvalue weighted by molar-refractivity contribution is -0.142. The van der Waals surface area contributed by atoms with Gasteiger partial charge in [0.2, 0.25) is 0 Å². The zero-order chi connectivity index (χ0) is 11.5. The zero-order valence-corrected chi connectivity index (χ0v) is 8.56. The highest BCUT2D eigenvalue weighted by Crippen LogP contribution is 2.22. The van der Waals surface area contributed by atoms with Crippen LogP contribution in [0.2, 0.25) is 0 Å². The fourth-order valence-corrected chi connectivity index (χ4v) is 1.36. The maximum absolute atomic E-state index is 12.2. The van der Waals surface area contributed by atoms with Crippen LogP contribution in [0.1, 0.15) is 11.9 Å². The molecule has 1 rings (SSSR count). The van der Waals surface area contributed by atoms with E-state index in [4.69, 9.17) is 5.84 Å². The summed E-state index contributed by atoms with van der Waals surface area (Å²) in [6.45, 7) is 0.949. The highest BCUT2D eigenvalue weighted by Gasteiger charge is 2.36. The van der Waals surface area contributed by atoms with E-state index in [0.29, 0.717) is 5.01 Å². The van der Waals surface area contributed by atoms with Crippen molar-refractivity contribution >= 4 is 17.2 Å². The van der Waals surface area contributed by atoms with Gasteiger partial charge in [-0.05, 0) is 6.92 Å². The number of hydrogen-bond donors (Lipinski definition) is 2. The Balaban J connectivity index is 2.88. The Morgan fingerprint density at radius 2 is 2.33 bits per heavy atom. The molecule has 0 aliphatic rings. The van der Waals surface area contributed by atoms with Gasteiger partial charge in [-0.2, -0.15) is 13.2 Å². The second kappa shape index (κ2) is 4.58. The van der Waals surface area contributed by atoms with Gasteiger partial charge in [0, 0.05) is 11.6 Å². The second-order valence-corrected chi connectivity index (χ2v) is 3.57. The molecule has 1 aromatic heterocycles. The Morgan fingerprint density at radius 3 is 2.73 bits per heavy atom. The van der Waals surface area contributed by atoms with E-state index in [1.165, 1.54) is 6.20 Å². The number of rotatable bonds is 2. The lowest BCUT2D eigenvalue weighted by Crippen LogP contribution is -2.34. The standard InChI is InChI=1S/C7H9F3N4S/c1-4(7(8,9)10)13-5(14-11)6-12-2-3-15-6/h2-4H,11H2,1H3,(H,13,14). The van der Waals surface area contributed by atoms with Gasteiger partial charge in [0.25, 0.3) is 0 Å². The van der Waals surface area contributed by atoms with Gasteiger partial charge in [0.15, 0.2) is 10.8 Å². The van der Waals surface area contributed by atoms with Gasteiger partial charge in [-0.1, -0.05) is 0 Å². The van der Waals surface area contributed by atoms with Crippen LogP contribution in [0.5, 0.6) is 0 Å². The SMILES string of the molecule is CC(N=C(NN)c1nccs1)C(F)(F)F. The molecule has 0 aliphatic carbocycles. The summed E-state index contributed by atoms with van der Waals surface area (Å²) in [5.41, 5.74) is 2.11. The molecule has 3 N–H and O–H groups in total. The maximum atomic E-state index is 12.2. The number of nitrogens with zero attached hydrogens (tertiary/aromatic N) is 2. The first kappa shape index (κ1) is 11.9. The fraction of sp³-hybridized carbons (Fsp3) is 0.429. The lowest BCUT2D eigenvalue weighted by atomic mass is 10.3. The summed E-state index contributed by atoms with van der Waals surface area (Å²) in [5.74, 6) is 5.01. The van der Waals surface area contributed by atoms with Crippen LogP contribution >= 0.6 is 11.3 Å². The summed E-state index contributed by atoms with van der Waals surface area (Å²) < 4.78 is 36.6. The number of hydrogen-bond acceptors (Lipinski definition) is 4. The molecule has 0 amide bonds. The minimum atomic E-state index is -4.38. The van der Waals surface area contributed by atoms with E-state index in [1.54, 1.807) is 5.38 Å². The molecule has 0 aliphatic heterocycles. The van der Waals surface area contributed by atoms with Crippen LogP contribution in [0.3, 0.4) is 0 Å². The summed E-state index contributed by atoms with van der Waals surface area (Å²) in [6, 6.07) is -1.81. The Bertz CT molecular complexity index is 333. The third-order valence-electron chi connectivity index (χ3n) is 1.57. The van der Waals surface area contributed by atoms with Gasteiger partial charge in [-0.3, -0.25) is 4.99 Å². The maximum Gasteiger partial charge on any atom is 0.410 e. The summed E-state index contributed by atoms with van der Waals surface area (Å²) in [5, 5.41) is 1.95. The van der Waals surface area contributed by atoms with Gasteiger partial charge in [0.05, 0.1) is 0 Å². The molecule has 0 radical (unpaired) electrons. The minimum absolute atomic E-state index is 0.0603. The van der Waals surface area contributed by atoms with Crippen LogP contribution in [-0.2, 0) is 0 Å². The van der Waals surface area contributed by atoms with Gasteiger partial charge in [-0.15, -0.1) is 11.3 Å². The molecule has 15 heavy (non-hydrogen) atoms. The topological polar surface area (TPSA) is 63.3 Å². The van der Waals surface area contributed by atoms with Gasteiger partial charge in [-0.25, -0.2) is 10.8 Å². The average Bonchev–Trinajstić information content (AvgIpc) is 2.64. The lowest BCUT2D eigenvalue weighted by Gasteiger charge is -2.12. The van der Waals surface area contributed by atoms with Crippen LogP contribution < -0.4 is 11.3 Å². The van der Waals surface area contributed by atoms with E-state index < -0.39 is 12.2 Å². The van der Waals surface area contributed by atoms with E-state index in [1.807, 2.05) is 0 Å². The summed E-state index contributed by atoms with van der Waals surface area (Å²) >= 11 is 1.16. The average molecular weight is 238 g/mol. The molecule has 1 heterocycles. The highest BCUT2D eigenvalue weighted by atomic mass is 32.1. The monoisotopic (exact) mass is 238 g/mol. The van der Waals surface area contributed by atoms with Crippen molar-refractivity contribution in [3.05, 3.63) is 16.6 Å². The normalized spacial score (nSPS) is 15.1. The van der Waals surface area contributed by atoms with E-state index in [2.05, 4.69) is 15.4 Å². The molecular weight excluding hydrogens is 229 g/mol.